The van der Waals surface area contributed by atoms with Gasteiger partial charge in [0.1, 0.15) is 18.1 Å². The van der Waals surface area contributed by atoms with Crippen molar-refractivity contribution in [3.8, 4) is 11.5 Å². The Labute approximate surface area is 172 Å². The highest BCUT2D eigenvalue weighted by Crippen LogP contribution is 2.22. The zero-order chi connectivity index (χ0) is 21.3. The lowest BCUT2D eigenvalue weighted by Crippen LogP contribution is -2.33. The molecule has 0 fully saturated rings. The number of para-hydroxylation sites is 1. The number of aryl methyl sites for hydroxylation is 1. The smallest absolute Gasteiger partial charge is 0.232 e. The zero-order valence-electron chi connectivity index (χ0n) is 17.1. The summed E-state index contributed by atoms with van der Waals surface area (Å²) in [5, 5.41) is 2.78. The lowest BCUT2D eigenvalue weighted by Gasteiger charge is -2.24. The third-order valence-corrected chi connectivity index (χ3v) is 5.48. The van der Waals surface area contributed by atoms with Crippen molar-refractivity contribution in [3.05, 3.63) is 54.1 Å². The molecule has 0 saturated heterocycles. The Morgan fingerprint density at radius 3 is 2.34 bits per heavy atom. The maximum atomic E-state index is 12.1. The average molecular weight is 421 g/mol. The Balaban J connectivity index is 1.74. The molecule has 2 aromatic rings. The number of carbonyl (C=O) groups is 1. The number of sulfonamides is 1. The third kappa shape index (κ3) is 7.30. The quantitative estimate of drug-likeness (QED) is 0.565. The number of benzene rings is 2. The molecule has 1 amide bonds. The minimum Gasteiger partial charge on any atom is -0.497 e. The molecule has 0 aromatic heterocycles. The molecule has 158 valence electrons. The molecule has 0 heterocycles. The van der Waals surface area contributed by atoms with Crippen LogP contribution in [0.5, 0.6) is 11.5 Å². The van der Waals surface area contributed by atoms with Gasteiger partial charge in [0, 0.05) is 13.0 Å². The number of carbonyl (C=O) groups excluding carboxylic acids is 1. The number of rotatable bonds is 11. The van der Waals surface area contributed by atoms with E-state index in [0.29, 0.717) is 31.0 Å². The lowest BCUT2D eigenvalue weighted by atomic mass is 10.2. The van der Waals surface area contributed by atoms with E-state index < -0.39 is 10.0 Å². The van der Waals surface area contributed by atoms with Crippen LogP contribution in [0.25, 0.3) is 0 Å². The van der Waals surface area contributed by atoms with Gasteiger partial charge in [0.25, 0.3) is 0 Å². The Bertz CT molecular complexity index is 898. The first kappa shape index (κ1) is 22.5. The molecule has 7 nitrogen and oxygen atoms in total. The topological polar surface area (TPSA) is 84.9 Å². The van der Waals surface area contributed by atoms with Gasteiger partial charge in [-0.05, 0) is 49.2 Å². The summed E-state index contributed by atoms with van der Waals surface area (Å²) in [7, 11) is -1.82. The summed E-state index contributed by atoms with van der Waals surface area (Å²) in [4.78, 5) is 12.0. The van der Waals surface area contributed by atoms with Gasteiger partial charge in [-0.15, -0.1) is 0 Å². The summed E-state index contributed by atoms with van der Waals surface area (Å²) in [6, 6.07) is 14.5. The van der Waals surface area contributed by atoms with Crippen LogP contribution in [-0.4, -0.2) is 47.4 Å². The van der Waals surface area contributed by atoms with Gasteiger partial charge < -0.3 is 14.8 Å². The van der Waals surface area contributed by atoms with Gasteiger partial charge in [0.15, 0.2) is 0 Å². The predicted molar refractivity (Wildman–Crippen MR) is 114 cm³/mol. The van der Waals surface area contributed by atoms with Crippen molar-refractivity contribution in [2.75, 3.05) is 37.4 Å². The van der Waals surface area contributed by atoms with Crippen LogP contribution >= 0.6 is 0 Å². The molecule has 0 aliphatic heterocycles. The number of nitrogens with zero attached hydrogens (tertiary/aromatic N) is 1. The molecule has 0 spiro atoms. The Hall–Kier alpha value is -2.74. The molecule has 0 unspecified atom stereocenters. The minimum atomic E-state index is -3.42. The van der Waals surface area contributed by atoms with Crippen molar-refractivity contribution < 1.29 is 22.7 Å². The Kier molecular flexibility index (Phi) is 8.33. The third-order valence-electron chi connectivity index (χ3n) is 4.30. The molecule has 1 N–H and O–H groups in total. The van der Waals surface area contributed by atoms with Gasteiger partial charge in [-0.2, -0.15) is 0 Å². The fraction of sp³-hybridized carbons (Fsp3) is 0.381. The van der Waals surface area contributed by atoms with Crippen LogP contribution in [0.3, 0.4) is 0 Å². The summed E-state index contributed by atoms with van der Waals surface area (Å²) < 4.78 is 36.3. The number of hydrogen-bond donors (Lipinski definition) is 1. The van der Waals surface area contributed by atoms with Crippen LogP contribution in [0, 0.1) is 6.92 Å². The molecule has 0 bridgehead atoms. The van der Waals surface area contributed by atoms with Crippen molar-refractivity contribution in [1.82, 2.24) is 5.32 Å². The Morgan fingerprint density at radius 1 is 1.07 bits per heavy atom. The Morgan fingerprint density at radius 2 is 1.72 bits per heavy atom. The van der Waals surface area contributed by atoms with Crippen molar-refractivity contribution in [3.63, 3.8) is 0 Å². The molecule has 0 aliphatic carbocycles. The number of hydrogen-bond acceptors (Lipinski definition) is 5. The molecule has 0 atom stereocenters. The van der Waals surface area contributed by atoms with Crippen molar-refractivity contribution in [2.45, 2.75) is 19.8 Å². The van der Waals surface area contributed by atoms with Gasteiger partial charge in [0.05, 0.1) is 25.6 Å². The molecular weight excluding hydrogens is 392 g/mol. The standard InChI is InChI=1S/C21H28N2O5S/c1-17-7-4-5-8-20(17)23(29(3,25)26)15-6-9-21(24)22-14-16-28-19-12-10-18(27-2)11-13-19/h4-5,7-8,10-13H,6,9,14-16H2,1-3H3,(H,22,24). The number of methoxy groups -OCH3 is 1. The highest BCUT2D eigenvalue weighted by molar-refractivity contribution is 7.92. The maximum absolute atomic E-state index is 12.1. The number of amides is 1. The molecule has 0 aliphatic rings. The van der Waals surface area contributed by atoms with Crippen LogP contribution in [0.2, 0.25) is 0 Å². The van der Waals surface area contributed by atoms with E-state index in [9.17, 15) is 13.2 Å². The average Bonchev–Trinajstić information content (AvgIpc) is 2.69. The van der Waals surface area contributed by atoms with Crippen LogP contribution in [0.15, 0.2) is 48.5 Å². The van der Waals surface area contributed by atoms with Crippen LogP contribution in [0.1, 0.15) is 18.4 Å². The number of nitrogens with one attached hydrogen (secondary N) is 1. The van der Waals surface area contributed by atoms with Gasteiger partial charge in [0.2, 0.25) is 15.9 Å². The molecule has 8 heteroatoms. The summed E-state index contributed by atoms with van der Waals surface area (Å²) >= 11 is 0. The second kappa shape index (κ2) is 10.7. The van der Waals surface area contributed by atoms with E-state index in [4.69, 9.17) is 9.47 Å². The van der Waals surface area contributed by atoms with Crippen LogP contribution in [-0.2, 0) is 14.8 Å². The van der Waals surface area contributed by atoms with E-state index in [0.717, 1.165) is 11.3 Å². The maximum Gasteiger partial charge on any atom is 0.232 e. The molecule has 0 saturated carbocycles. The largest absolute Gasteiger partial charge is 0.497 e. The van der Waals surface area contributed by atoms with Crippen LogP contribution in [0.4, 0.5) is 5.69 Å². The van der Waals surface area contributed by atoms with Gasteiger partial charge in [-0.1, -0.05) is 18.2 Å². The molecule has 0 radical (unpaired) electrons. The monoisotopic (exact) mass is 420 g/mol. The van der Waals surface area contributed by atoms with E-state index in [1.165, 1.54) is 10.6 Å². The zero-order valence-corrected chi connectivity index (χ0v) is 17.9. The highest BCUT2D eigenvalue weighted by atomic mass is 32.2. The summed E-state index contributed by atoms with van der Waals surface area (Å²) in [6.07, 6.45) is 1.84. The molecule has 29 heavy (non-hydrogen) atoms. The van der Waals surface area contributed by atoms with Crippen molar-refractivity contribution >= 4 is 21.6 Å². The van der Waals surface area contributed by atoms with E-state index in [1.54, 1.807) is 43.5 Å². The fourth-order valence-corrected chi connectivity index (χ4v) is 3.83. The fourth-order valence-electron chi connectivity index (χ4n) is 2.81. The molecular formula is C21H28N2O5S. The normalized spacial score (nSPS) is 11.0. The predicted octanol–water partition coefficient (Wildman–Crippen LogP) is 2.75. The number of ether oxygens (including phenoxy) is 2. The van der Waals surface area contributed by atoms with Crippen molar-refractivity contribution in [2.24, 2.45) is 0 Å². The summed E-state index contributed by atoms with van der Waals surface area (Å²) in [5.74, 6) is 1.31. The first-order valence-electron chi connectivity index (χ1n) is 9.38. The first-order valence-corrected chi connectivity index (χ1v) is 11.2. The van der Waals surface area contributed by atoms with E-state index in [1.807, 2.05) is 19.1 Å². The first-order chi connectivity index (χ1) is 13.8. The number of anilines is 1. The van der Waals surface area contributed by atoms with Gasteiger partial charge in [-0.25, -0.2) is 8.42 Å². The van der Waals surface area contributed by atoms with E-state index in [2.05, 4.69) is 5.32 Å². The van der Waals surface area contributed by atoms with E-state index >= 15 is 0 Å². The lowest BCUT2D eigenvalue weighted by molar-refractivity contribution is -0.121. The van der Waals surface area contributed by atoms with Gasteiger partial charge in [-0.3, -0.25) is 9.10 Å². The van der Waals surface area contributed by atoms with Crippen molar-refractivity contribution in [1.29, 1.82) is 0 Å². The summed E-state index contributed by atoms with van der Waals surface area (Å²) in [6.45, 7) is 2.83. The second-order valence-corrected chi connectivity index (χ2v) is 8.51. The van der Waals surface area contributed by atoms with Crippen LogP contribution < -0.4 is 19.1 Å². The molecule has 2 rings (SSSR count). The minimum absolute atomic E-state index is 0.137. The van der Waals surface area contributed by atoms with Gasteiger partial charge >= 0.3 is 0 Å². The SMILES string of the molecule is COc1ccc(OCCNC(=O)CCCN(c2ccccc2C)S(C)(=O)=O)cc1. The summed E-state index contributed by atoms with van der Waals surface area (Å²) in [5.41, 5.74) is 1.52. The second-order valence-electron chi connectivity index (χ2n) is 6.60. The molecule has 2 aromatic carbocycles. The van der Waals surface area contributed by atoms with E-state index in [-0.39, 0.29) is 18.9 Å². The highest BCUT2D eigenvalue weighted by Gasteiger charge is 2.18.